The minimum absolute atomic E-state index is 0.455. The van der Waals surface area contributed by atoms with Gasteiger partial charge in [0, 0.05) is 12.3 Å². The number of ketones is 1. The first-order valence-electron chi connectivity index (χ1n) is 6.30. The molecule has 3 unspecified atom stereocenters. The zero-order valence-corrected chi connectivity index (χ0v) is 9.30. The normalized spacial score (nSPS) is 39.8. The van der Waals surface area contributed by atoms with Gasteiger partial charge in [0.2, 0.25) is 0 Å². The first-order valence-corrected chi connectivity index (χ1v) is 6.30. The molecule has 1 nitrogen and oxygen atoms in total. The molecule has 0 N–H and O–H groups in total. The van der Waals surface area contributed by atoms with E-state index in [-0.39, 0.29) is 0 Å². The molecule has 0 bridgehead atoms. The average Bonchev–Trinajstić information content (AvgIpc) is 2.21. The van der Waals surface area contributed by atoms with Crippen molar-refractivity contribution in [3.8, 4) is 0 Å². The Morgan fingerprint density at radius 2 is 1.79 bits per heavy atom. The number of rotatable bonds is 0. The number of carbonyl (C=O) groups is 1. The number of carbonyl (C=O) groups excluding carboxylic acids is 1. The van der Waals surface area contributed by atoms with Crippen molar-refractivity contribution in [1.82, 2.24) is 0 Å². The monoisotopic (exact) mass is 194 g/mol. The fraction of sp³-hybridized carbons (Fsp3) is 0.923. The predicted molar refractivity (Wildman–Crippen MR) is 58.1 cm³/mol. The van der Waals surface area contributed by atoms with Crippen LogP contribution in [-0.2, 0) is 4.79 Å². The molecule has 2 saturated carbocycles. The lowest BCUT2D eigenvalue weighted by atomic mass is 9.71. The van der Waals surface area contributed by atoms with E-state index in [4.69, 9.17) is 0 Å². The van der Waals surface area contributed by atoms with Gasteiger partial charge < -0.3 is 0 Å². The standard InChI is InChI=1S/C13H22O/c1-10-6-8-11-4-2-3-5-12(11)13(14)9-7-10/h10-12H,2-9H2,1H3. The van der Waals surface area contributed by atoms with Crippen LogP contribution in [0.4, 0.5) is 0 Å². The largest absolute Gasteiger partial charge is 0.299 e. The molecule has 80 valence electrons. The summed E-state index contributed by atoms with van der Waals surface area (Å²) in [6.45, 7) is 2.30. The third kappa shape index (κ3) is 2.18. The Morgan fingerprint density at radius 3 is 2.64 bits per heavy atom. The van der Waals surface area contributed by atoms with E-state index < -0.39 is 0 Å². The first kappa shape index (κ1) is 10.2. The molecule has 0 spiro atoms. The van der Waals surface area contributed by atoms with Gasteiger partial charge in [-0.05, 0) is 37.5 Å². The number of hydrogen-bond acceptors (Lipinski definition) is 1. The van der Waals surface area contributed by atoms with E-state index >= 15 is 0 Å². The molecule has 2 fully saturated rings. The van der Waals surface area contributed by atoms with Crippen LogP contribution >= 0.6 is 0 Å². The lowest BCUT2D eigenvalue weighted by Crippen LogP contribution is -2.29. The van der Waals surface area contributed by atoms with Crippen LogP contribution in [0.2, 0.25) is 0 Å². The highest BCUT2D eigenvalue weighted by Gasteiger charge is 2.31. The molecule has 1 heteroatoms. The highest BCUT2D eigenvalue weighted by Crippen LogP contribution is 2.37. The zero-order valence-electron chi connectivity index (χ0n) is 9.30. The Kier molecular flexibility index (Phi) is 3.25. The van der Waals surface area contributed by atoms with Gasteiger partial charge in [-0.2, -0.15) is 0 Å². The summed E-state index contributed by atoms with van der Waals surface area (Å²) in [5.74, 6) is 2.57. The smallest absolute Gasteiger partial charge is 0.136 e. The molecule has 0 aliphatic heterocycles. The molecular weight excluding hydrogens is 172 g/mol. The molecule has 0 aromatic heterocycles. The van der Waals surface area contributed by atoms with Crippen LogP contribution in [0.25, 0.3) is 0 Å². The lowest BCUT2D eigenvalue weighted by Gasteiger charge is -2.33. The fourth-order valence-electron chi connectivity index (χ4n) is 3.19. The van der Waals surface area contributed by atoms with Gasteiger partial charge in [0.05, 0.1) is 0 Å². The minimum Gasteiger partial charge on any atom is -0.299 e. The molecule has 0 heterocycles. The molecular formula is C13H22O. The van der Waals surface area contributed by atoms with E-state index in [2.05, 4.69) is 6.92 Å². The van der Waals surface area contributed by atoms with Gasteiger partial charge in [0.25, 0.3) is 0 Å². The Hall–Kier alpha value is -0.330. The van der Waals surface area contributed by atoms with Crippen LogP contribution in [0.5, 0.6) is 0 Å². The van der Waals surface area contributed by atoms with Crippen molar-refractivity contribution < 1.29 is 4.79 Å². The van der Waals surface area contributed by atoms with E-state index in [0.29, 0.717) is 11.7 Å². The number of fused-ring (bicyclic) bond motifs is 1. The van der Waals surface area contributed by atoms with Crippen molar-refractivity contribution >= 4 is 5.78 Å². The quantitative estimate of drug-likeness (QED) is 0.576. The minimum atomic E-state index is 0.455. The summed E-state index contributed by atoms with van der Waals surface area (Å²) in [5.41, 5.74) is 0. The van der Waals surface area contributed by atoms with Gasteiger partial charge >= 0.3 is 0 Å². The average molecular weight is 194 g/mol. The van der Waals surface area contributed by atoms with Crippen LogP contribution < -0.4 is 0 Å². The maximum atomic E-state index is 11.9. The first-order chi connectivity index (χ1) is 6.77. The van der Waals surface area contributed by atoms with Crippen molar-refractivity contribution in [3.05, 3.63) is 0 Å². The summed E-state index contributed by atoms with van der Waals surface area (Å²) in [7, 11) is 0. The van der Waals surface area contributed by atoms with Crippen LogP contribution in [0.15, 0.2) is 0 Å². The van der Waals surface area contributed by atoms with Crippen molar-refractivity contribution in [2.24, 2.45) is 17.8 Å². The second-order valence-corrected chi connectivity index (χ2v) is 5.34. The Labute approximate surface area is 87.3 Å². The summed E-state index contributed by atoms with van der Waals surface area (Å²) in [4.78, 5) is 11.9. The third-order valence-electron chi connectivity index (χ3n) is 4.24. The summed E-state index contributed by atoms with van der Waals surface area (Å²) in [6, 6.07) is 0. The molecule has 0 aromatic rings. The summed E-state index contributed by atoms with van der Waals surface area (Å²) >= 11 is 0. The van der Waals surface area contributed by atoms with Crippen molar-refractivity contribution in [3.63, 3.8) is 0 Å². The molecule has 0 aromatic carbocycles. The molecule has 0 saturated heterocycles. The van der Waals surface area contributed by atoms with E-state index in [1.807, 2.05) is 0 Å². The molecule has 2 aliphatic carbocycles. The second-order valence-electron chi connectivity index (χ2n) is 5.34. The molecule has 2 aliphatic rings. The van der Waals surface area contributed by atoms with Gasteiger partial charge in [-0.1, -0.05) is 26.2 Å². The highest BCUT2D eigenvalue weighted by atomic mass is 16.1. The van der Waals surface area contributed by atoms with E-state index in [1.54, 1.807) is 0 Å². The van der Waals surface area contributed by atoms with Gasteiger partial charge in [0.1, 0.15) is 5.78 Å². The predicted octanol–water partition coefficient (Wildman–Crippen LogP) is 3.57. The Balaban J connectivity index is 2.02. The lowest BCUT2D eigenvalue weighted by molar-refractivity contribution is -0.126. The molecule has 0 radical (unpaired) electrons. The summed E-state index contributed by atoms with van der Waals surface area (Å²) in [5, 5.41) is 0. The van der Waals surface area contributed by atoms with Gasteiger partial charge in [-0.25, -0.2) is 0 Å². The molecule has 3 atom stereocenters. The van der Waals surface area contributed by atoms with E-state index in [9.17, 15) is 4.79 Å². The maximum absolute atomic E-state index is 11.9. The van der Waals surface area contributed by atoms with Crippen LogP contribution in [0.1, 0.15) is 58.3 Å². The van der Waals surface area contributed by atoms with Gasteiger partial charge in [-0.15, -0.1) is 0 Å². The second kappa shape index (κ2) is 4.46. The summed E-state index contributed by atoms with van der Waals surface area (Å²) < 4.78 is 0. The Bertz CT molecular complexity index is 209. The van der Waals surface area contributed by atoms with E-state index in [0.717, 1.165) is 24.7 Å². The van der Waals surface area contributed by atoms with Gasteiger partial charge in [-0.3, -0.25) is 4.79 Å². The molecule has 2 rings (SSSR count). The topological polar surface area (TPSA) is 17.1 Å². The number of Topliss-reactive ketones (excluding diaryl/α,β-unsaturated/α-hetero) is 1. The van der Waals surface area contributed by atoms with E-state index in [1.165, 1.54) is 38.5 Å². The van der Waals surface area contributed by atoms with Crippen LogP contribution in [0, 0.1) is 17.8 Å². The maximum Gasteiger partial charge on any atom is 0.136 e. The summed E-state index contributed by atoms with van der Waals surface area (Å²) in [6.07, 6.45) is 9.85. The van der Waals surface area contributed by atoms with Gasteiger partial charge in [0.15, 0.2) is 0 Å². The highest BCUT2D eigenvalue weighted by molar-refractivity contribution is 5.81. The SMILES string of the molecule is CC1CCC(=O)C2CCCCC2CC1. The molecule has 14 heavy (non-hydrogen) atoms. The van der Waals surface area contributed by atoms with Crippen LogP contribution in [0.3, 0.4) is 0 Å². The Morgan fingerprint density at radius 1 is 1.00 bits per heavy atom. The zero-order chi connectivity index (χ0) is 9.97. The van der Waals surface area contributed by atoms with Crippen LogP contribution in [-0.4, -0.2) is 5.78 Å². The van der Waals surface area contributed by atoms with Crippen molar-refractivity contribution in [2.75, 3.05) is 0 Å². The van der Waals surface area contributed by atoms with Crippen molar-refractivity contribution in [1.29, 1.82) is 0 Å². The van der Waals surface area contributed by atoms with Crippen molar-refractivity contribution in [2.45, 2.75) is 58.3 Å². The third-order valence-corrected chi connectivity index (χ3v) is 4.24. The fourth-order valence-corrected chi connectivity index (χ4v) is 3.19. The number of hydrogen-bond donors (Lipinski definition) is 0. The molecule has 0 amide bonds.